The molecule has 290 valence electrons. The molecule has 2 aromatic rings. The lowest BCUT2D eigenvalue weighted by Crippen LogP contribution is -2.32. The first-order valence-corrected chi connectivity index (χ1v) is 21.1. The summed E-state index contributed by atoms with van der Waals surface area (Å²) in [5, 5.41) is 23.9. The second-order valence-corrected chi connectivity index (χ2v) is 15.5. The van der Waals surface area contributed by atoms with Gasteiger partial charge in [-0.05, 0) is 54.3 Å². The van der Waals surface area contributed by atoms with Crippen LogP contribution in [0.3, 0.4) is 0 Å². The van der Waals surface area contributed by atoms with Gasteiger partial charge in [-0.25, -0.2) is 0 Å². The first kappa shape index (κ1) is 41.9. The van der Waals surface area contributed by atoms with Gasteiger partial charge < -0.3 is 20.0 Å². The smallest absolute Gasteiger partial charge is 0.192 e. The fourth-order valence-electron chi connectivity index (χ4n) is 7.62. The summed E-state index contributed by atoms with van der Waals surface area (Å²) < 4.78 is 0. The van der Waals surface area contributed by atoms with Gasteiger partial charge in [-0.3, -0.25) is 9.59 Å². The van der Waals surface area contributed by atoms with Crippen LogP contribution in [0.5, 0.6) is 0 Å². The Morgan fingerprint density at radius 1 is 0.604 bits per heavy atom. The van der Waals surface area contributed by atoms with E-state index in [2.05, 4.69) is 37.7 Å². The third-order valence-corrected chi connectivity index (χ3v) is 11.3. The van der Waals surface area contributed by atoms with Crippen LogP contribution in [0.1, 0.15) is 159 Å². The van der Waals surface area contributed by atoms with Gasteiger partial charge in [0.15, 0.2) is 11.6 Å². The van der Waals surface area contributed by atoms with Gasteiger partial charge in [-0.15, -0.1) is 0 Å². The Hall–Kier alpha value is -3.80. The highest BCUT2D eigenvalue weighted by Gasteiger charge is 2.41. The average Bonchev–Trinajstić information content (AvgIpc) is 3.17. The van der Waals surface area contributed by atoms with Crippen molar-refractivity contribution >= 4 is 28.5 Å². The number of nitrogens with zero attached hydrogens (tertiary/aromatic N) is 2. The molecule has 1 atom stereocenters. The van der Waals surface area contributed by atoms with Crippen molar-refractivity contribution in [1.29, 1.82) is 0 Å². The number of benzene rings is 2. The topological polar surface area (TPSA) is 83.9 Å². The molecule has 0 fully saturated rings. The molecule has 2 aliphatic carbocycles. The minimum atomic E-state index is -0.762. The van der Waals surface area contributed by atoms with Crippen LogP contribution in [-0.4, -0.2) is 43.9 Å². The van der Waals surface area contributed by atoms with E-state index in [1.54, 1.807) is 0 Å². The summed E-state index contributed by atoms with van der Waals surface area (Å²) in [6, 6.07) is 15.3. The third-order valence-electron chi connectivity index (χ3n) is 11.3. The maximum atomic E-state index is 13.1. The fraction of sp³-hybridized carbons (Fsp3) is 0.574. The molecule has 0 spiro atoms. The number of anilines is 2. The number of aliphatic hydroxyl groups is 1. The second-order valence-electron chi connectivity index (χ2n) is 15.5. The van der Waals surface area contributed by atoms with E-state index in [1.165, 1.54) is 122 Å². The van der Waals surface area contributed by atoms with Gasteiger partial charge in [-0.2, -0.15) is 0 Å². The Morgan fingerprint density at radius 2 is 1.00 bits per heavy atom. The first-order chi connectivity index (χ1) is 25.8. The van der Waals surface area contributed by atoms with Gasteiger partial charge in [0.2, 0.25) is 0 Å². The molecule has 6 nitrogen and oxygen atoms in total. The van der Waals surface area contributed by atoms with E-state index in [4.69, 9.17) is 0 Å². The lowest BCUT2D eigenvalue weighted by Gasteiger charge is -2.33. The van der Waals surface area contributed by atoms with Crippen LogP contribution in [0, 0.1) is 0 Å². The monoisotopic (exact) mass is 724 g/mol. The lowest BCUT2D eigenvalue weighted by molar-refractivity contribution is -0.297. The SMILES string of the molecule is CCCCCCCCCCCCN(C)c1ccc(C2=C([O-])/C(=C/C3=C(O)C(c4ccc(N(C)CCCCCCCCCCCC)cc4)C3=O)C2=O)cc1. The van der Waals surface area contributed by atoms with Crippen molar-refractivity contribution in [2.75, 3.05) is 37.0 Å². The van der Waals surface area contributed by atoms with Crippen LogP contribution in [0.4, 0.5) is 11.4 Å². The Labute approximate surface area is 321 Å². The molecule has 0 aromatic heterocycles. The van der Waals surface area contributed by atoms with E-state index in [-0.39, 0.29) is 39.8 Å². The largest absolute Gasteiger partial charge is 0.871 e. The average molecular weight is 724 g/mol. The molecule has 0 heterocycles. The molecule has 2 aliphatic rings. The summed E-state index contributed by atoms with van der Waals surface area (Å²) in [5.74, 6) is -1.88. The number of carbonyl (C=O) groups excluding carboxylic acids is 2. The predicted octanol–water partition coefficient (Wildman–Crippen LogP) is 11.2. The standard InChI is InChI=1S/C47H68N2O4/c1-5-7-9-11-13-15-17-19-21-23-33-48(3)38-29-25-36(26-30-38)42-44(50)40(45(42)51)35-41-46(52)43(47(41)53)37-27-31-39(32-28-37)49(4)34-24-22-20-18-16-14-12-10-8-6-2/h25-32,35,42,50,52H,5-24,33-34H2,1-4H3/p-1/b41-35-. The van der Waals surface area contributed by atoms with Crippen LogP contribution in [0.2, 0.25) is 0 Å². The minimum Gasteiger partial charge on any atom is -0.871 e. The third kappa shape index (κ3) is 12.1. The van der Waals surface area contributed by atoms with Crippen LogP contribution in [0.15, 0.2) is 77.3 Å². The fourth-order valence-corrected chi connectivity index (χ4v) is 7.62. The van der Waals surface area contributed by atoms with Gasteiger partial charge >= 0.3 is 0 Å². The van der Waals surface area contributed by atoms with Crippen molar-refractivity contribution in [2.24, 2.45) is 0 Å². The first-order valence-electron chi connectivity index (χ1n) is 21.1. The van der Waals surface area contributed by atoms with Crippen LogP contribution in [-0.2, 0) is 9.59 Å². The van der Waals surface area contributed by atoms with Gasteiger partial charge in [0.05, 0.1) is 5.57 Å². The van der Waals surface area contributed by atoms with Gasteiger partial charge in [-0.1, -0.05) is 159 Å². The zero-order valence-corrected chi connectivity index (χ0v) is 33.4. The number of rotatable bonds is 27. The molecular formula is C47H67N2O4-. The zero-order valence-electron chi connectivity index (χ0n) is 33.4. The van der Waals surface area contributed by atoms with Crippen molar-refractivity contribution in [3.05, 3.63) is 88.4 Å². The van der Waals surface area contributed by atoms with E-state index < -0.39 is 5.92 Å². The Kier molecular flexibility index (Phi) is 17.7. The molecule has 0 saturated carbocycles. The number of ketones is 2. The van der Waals surface area contributed by atoms with E-state index in [1.807, 2.05) is 48.5 Å². The predicted molar refractivity (Wildman–Crippen MR) is 221 cm³/mol. The highest BCUT2D eigenvalue weighted by Crippen LogP contribution is 2.42. The number of carbonyl (C=O) groups is 2. The summed E-state index contributed by atoms with van der Waals surface area (Å²) in [6.07, 6.45) is 27.5. The zero-order chi connectivity index (χ0) is 38.0. The molecule has 1 unspecified atom stereocenters. The molecule has 0 bridgehead atoms. The highest BCUT2D eigenvalue weighted by atomic mass is 16.3. The van der Waals surface area contributed by atoms with E-state index in [0.717, 1.165) is 37.3 Å². The van der Waals surface area contributed by atoms with Gasteiger partial charge in [0.25, 0.3) is 0 Å². The van der Waals surface area contributed by atoms with Crippen molar-refractivity contribution in [1.82, 2.24) is 0 Å². The number of aliphatic hydroxyl groups excluding tert-OH is 1. The van der Waals surface area contributed by atoms with Gasteiger partial charge in [0.1, 0.15) is 11.7 Å². The van der Waals surface area contributed by atoms with Crippen molar-refractivity contribution in [3.8, 4) is 0 Å². The molecule has 0 radical (unpaired) electrons. The quantitative estimate of drug-likeness (QED) is 0.0730. The molecule has 1 N–H and O–H groups in total. The maximum Gasteiger partial charge on any atom is 0.192 e. The summed E-state index contributed by atoms with van der Waals surface area (Å²) in [5.41, 5.74) is 3.57. The Morgan fingerprint density at radius 3 is 1.40 bits per heavy atom. The van der Waals surface area contributed by atoms with Crippen molar-refractivity contribution in [3.63, 3.8) is 0 Å². The normalized spacial score (nSPS) is 16.4. The molecule has 4 rings (SSSR count). The van der Waals surface area contributed by atoms with Crippen LogP contribution in [0.25, 0.3) is 5.57 Å². The van der Waals surface area contributed by atoms with E-state index in [0.29, 0.717) is 11.1 Å². The summed E-state index contributed by atoms with van der Waals surface area (Å²) in [4.78, 5) is 30.7. The maximum absolute atomic E-state index is 13.1. The molecule has 0 amide bonds. The van der Waals surface area contributed by atoms with Gasteiger partial charge in [0, 0.05) is 49.7 Å². The minimum absolute atomic E-state index is 0.0422. The second kappa shape index (κ2) is 22.4. The van der Waals surface area contributed by atoms with Crippen molar-refractivity contribution < 1.29 is 19.8 Å². The molecule has 53 heavy (non-hydrogen) atoms. The molecular weight excluding hydrogens is 657 g/mol. The summed E-state index contributed by atoms with van der Waals surface area (Å²) in [7, 11) is 4.16. The number of allylic oxidation sites excluding steroid dienone is 5. The van der Waals surface area contributed by atoms with E-state index >= 15 is 0 Å². The lowest BCUT2D eigenvalue weighted by atomic mass is 9.74. The Bertz CT molecular complexity index is 1540. The van der Waals surface area contributed by atoms with Crippen molar-refractivity contribution in [2.45, 2.75) is 148 Å². The van der Waals surface area contributed by atoms with E-state index in [9.17, 15) is 19.8 Å². The summed E-state index contributed by atoms with van der Waals surface area (Å²) in [6.45, 7) is 6.45. The number of hydrogen-bond acceptors (Lipinski definition) is 6. The Balaban J connectivity index is 1.21. The molecule has 0 aliphatic heterocycles. The summed E-state index contributed by atoms with van der Waals surface area (Å²) >= 11 is 0. The highest BCUT2D eigenvalue weighted by molar-refractivity contribution is 6.39. The number of unbranched alkanes of at least 4 members (excludes halogenated alkanes) is 18. The van der Waals surface area contributed by atoms with Crippen LogP contribution >= 0.6 is 0 Å². The molecule has 2 aromatic carbocycles. The number of hydrogen-bond donors (Lipinski definition) is 1. The van der Waals surface area contributed by atoms with Crippen LogP contribution < -0.4 is 14.9 Å². The number of Topliss-reactive ketones (excluding diaryl/α,β-unsaturated/α-hetero) is 2. The molecule has 0 saturated heterocycles. The molecule has 6 heteroatoms.